The van der Waals surface area contributed by atoms with Crippen LogP contribution < -0.4 is 15.8 Å². The van der Waals surface area contributed by atoms with Gasteiger partial charge in [-0.2, -0.15) is 4.98 Å². The average molecular weight is 385 g/mol. The number of alkyl halides is 3. The van der Waals surface area contributed by atoms with Crippen LogP contribution in [0.25, 0.3) is 0 Å². The smallest absolute Gasteiger partial charge is 0.406 e. The number of nitrogens with two attached hydrogens (primary N) is 1. The Labute approximate surface area is 157 Å². The minimum Gasteiger partial charge on any atom is -0.406 e. The van der Waals surface area contributed by atoms with Crippen molar-refractivity contribution in [2.45, 2.75) is 12.9 Å². The summed E-state index contributed by atoms with van der Waals surface area (Å²) in [5, 5.41) is 3.13. The third-order valence-corrected chi connectivity index (χ3v) is 4.06. The van der Waals surface area contributed by atoms with Gasteiger partial charge in [0, 0.05) is 23.0 Å². The van der Waals surface area contributed by atoms with Gasteiger partial charge in [0.25, 0.3) is 0 Å². The molecule has 9 heteroatoms. The number of nitrogen functional groups attached to an aromatic ring is 1. The SMILES string of the molecule is Nc1nccc(Nc2ccc3c(c2)C(c2cccc(OC(F)(F)F)c2)=NC3)n1. The molecular weight excluding hydrogens is 371 g/mol. The largest absolute Gasteiger partial charge is 0.573 e. The van der Waals surface area contributed by atoms with Crippen molar-refractivity contribution < 1.29 is 17.9 Å². The first-order valence-electron chi connectivity index (χ1n) is 8.27. The van der Waals surface area contributed by atoms with E-state index in [0.717, 1.165) is 16.8 Å². The highest BCUT2D eigenvalue weighted by atomic mass is 19.4. The predicted molar refractivity (Wildman–Crippen MR) is 98.6 cm³/mol. The van der Waals surface area contributed by atoms with Gasteiger partial charge in [0.15, 0.2) is 0 Å². The molecule has 0 atom stereocenters. The Morgan fingerprint density at radius 2 is 1.93 bits per heavy atom. The fourth-order valence-corrected chi connectivity index (χ4v) is 2.94. The molecule has 0 aliphatic carbocycles. The van der Waals surface area contributed by atoms with Gasteiger partial charge in [0.1, 0.15) is 11.6 Å². The van der Waals surface area contributed by atoms with Crippen LogP contribution >= 0.6 is 0 Å². The number of hydrogen-bond acceptors (Lipinski definition) is 6. The molecule has 3 N–H and O–H groups in total. The van der Waals surface area contributed by atoms with Crippen LogP contribution in [-0.4, -0.2) is 22.0 Å². The molecule has 0 fully saturated rings. The summed E-state index contributed by atoms with van der Waals surface area (Å²) in [6.07, 6.45) is -3.21. The molecule has 0 amide bonds. The fraction of sp³-hybridized carbons (Fsp3) is 0.105. The summed E-state index contributed by atoms with van der Waals surface area (Å²) < 4.78 is 41.5. The topological polar surface area (TPSA) is 85.4 Å². The molecule has 2 heterocycles. The lowest BCUT2D eigenvalue weighted by molar-refractivity contribution is -0.274. The van der Waals surface area contributed by atoms with Crippen molar-refractivity contribution in [1.82, 2.24) is 9.97 Å². The molecule has 0 unspecified atom stereocenters. The molecule has 0 bridgehead atoms. The average Bonchev–Trinajstić information content (AvgIpc) is 3.04. The van der Waals surface area contributed by atoms with Crippen molar-refractivity contribution in [3.8, 4) is 5.75 Å². The van der Waals surface area contributed by atoms with Crippen molar-refractivity contribution in [3.05, 3.63) is 71.4 Å². The van der Waals surface area contributed by atoms with Gasteiger partial charge in [0.2, 0.25) is 5.95 Å². The lowest BCUT2D eigenvalue weighted by atomic mass is 9.99. The maximum atomic E-state index is 12.5. The van der Waals surface area contributed by atoms with Gasteiger partial charge in [-0.3, -0.25) is 4.99 Å². The number of nitrogens with zero attached hydrogens (tertiary/aromatic N) is 3. The van der Waals surface area contributed by atoms with E-state index in [1.54, 1.807) is 12.1 Å². The van der Waals surface area contributed by atoms with E-state index < -0.39 is 6.36 Å². The summed E-state index contributed by atoms with van der Waals surface area (Å²) in [4.78, 5) is 12.4. The Morgan fingerprint density at radius 1 is 1.07 bits per heavy atom. The van der Waals surface area contributed by atoms with E-state index in [1.807, 2.05) is 18.2 Å². The van der Waals surface area contributed by atoms with Crippen molar-refractivity contribution >= 4 is 23.2 Å². The van der Waals surface area contributed by atoms with Crippen LogP contribution in [0, 0.1) is 0 Å². The van der Waals surface area contributed by atoms with Crippen molar-refractivity contribution in [2.75, 3.05) is 11.1 Å². The molecular formula is C19H14F3N5O. The van der Waals surface area contributed by atoms with Gasteiger partial charge < -0.3 is 15.8 Å². The molecule has 2 aromatic carbocycles. The quantitative estimate of drug-likeness (QED) is 0.708. The van der Waals surface area contributed by atoms with Gasteiger partial charge in [-0.25, -0.2) is 4.98 Å². The molecule has 4 rings (SSSR count). The number of fused-ring (bicyclic) bond motifs is 1. The minimum atomic E-state index is -4.75. The predicted octanol–water partition coefficient (Wildman–Crippen LogP) is 4.05. The van der Waals surface area contributed by atoms with Crippen LogP contribution in [0.1, 0.15) is 16.7 Å². The molecule has 6 nitrogen and oxygen atoms in total. The van der Waals surface area contributed by atoms with Crippen LogP contribution in [0.3, 0.4) is 0 Å². The molecule has 0 saturated heterocycles. The second-order valence-electron chi connectivity index (χ2n) is 6.04. The van der Waals surface area contributed by atoms with Crippen molar-refractivity contribution in [1.29, 1.82) is 0 Å². The van der Waals surface area contributed by atoms with E-state index in [1.165, 1.54) is 24.4 Å². The number of hydrogen-bond donors (Lipinski definition) is 2. The van der Waals surface area contributed by atoms with Gasteiger partial charge in [-0.1, -0.05) is 18.2 Å². The second kappa shape index (κ2) is 6.84. The van der Waals surface area contributed by atoms with E-state index in [4.69, 9.17) is 5.73 Å². The molecule has 3 aromatic rings. The number of ether oxygens (including phenoxy) is 1. The summed E-state index contributed by atoms with van der Waals surface area (Å²) in [6, 6.07) is 13.1. The van der Waals surface area contributed by atoms with Gasteiger partial charge in [-0.05, 0) is 35.9 Å². The monoisotopic (exact) mass is 385 g/mol. The van der Waals surface area contributed by atoms with Crippen LogP contribution in [0.15, 0.2) is 59.7 Å². The van der Waals surface area contributed by atoms with Crippen LogP contribution in [0.5, 0.6) is 5.75 Å². The molecule has 1 aliphatic rings. The number of benzene rings is 2. The number of aromatic nitrogens is 2. The normalized spacial score (nSPS) is 13.0. The maximum absolute atomic E-state index is 12.5. The van der Waals surface area contributed by atoms with Crippen molar-refractivity contribution in [2.24, 2.45) is 4.99 Å². The minimum absolute atomic E-state index is 0.148. The molecule has 142 valence electrons. The van der Waals surface area contributed by atoms with Crippen LogP contribution in [0.4, 0.5) is 30.6 Å². The number of rotatable bonds is 4. The molecule has 1 aliphatic heterocycles. The zero-order valence-electron chi connectivity index (χ0n) is 14.4. The Bertz CT molecular complexity index is 1070. The van der Waals surface area contributed by atoms with E-state index in [9.17, 15) is 13.2 Å². The highest BCUT2D eigenvalue weighted by Gasteiger charge is 2.31. The Balaban J connectivity index is 1.63. The summed E-state index contributed by atoms with van der Waals surface area (Å²) in [5.41, 5.74) is 9.29. The first-order chi connectivity index (χ1) is 13.4. The third-order valence-electron chi connectivity index (χ3n) is 4.06. The van der Waals surface area contributed by atoms with Crippen LogP contribution in [-0.2, 0) is 6.54 Å². The molecule has 28 heavy (non-hydrogen) atoms. The summed E-state index contributed by atoms with van der Waals surface area (Å²) >= 11 is 0. The summed E-state index contributed by atoms with van der Waals surface area (Å²) in [5.74, 6) is 0.395. The summed E-state index contributed by atoms with van der Waals surface area (Å²) in [6.45, 7) is 0.454. The first kappa shape index (κ1) is 17.8. The van der Waals surface area contributed by atoms with Gasteiger partial charge in [0.05, 0.1) is 12.3 Å². The highest BCUT2D eigenvalue weighted by molar-refractivity contribution is 6.15. The van der Waals surface area contributed by atoms with Gasteiger partial charge >= 0.3 is 6.36 Å². The second-order valence-corrected chi connectivity index (χ2v) is 6.04. The first-order valence-corrected chi connectivity index (χ1v) is 8.27. The Kier molecular flexibility index (Phi) is 4.34. The van der Waals surface area contributed by atoms with E-state index in [0.29, 0.717) is 23.6 Å². The van der Waals surface area contributed by atoms with Gasteiger partial charge in [-0.15, -0.1) is 13.2 Å². The van der Waals surface area contributed by atoms with E-state index in [-0.39, 0.29) is 11.7 Å². The lowest BCUT2D eigenvalue weighted by Gasteiger charge is -2.12. The molecule has 0 saturated carbocycles. The maximum Gasteiger partial charge on any atom is 0.573 e. The van der Waals surface area contributed by atoms with E-state index >= 15 is 0 Å². The molecule has 0 radical (unpaired) electrons. The Morgan fingerprint density at radius 3 is 2.71 bits per heavy atom. The third kappa shape index (κ3) is 3.88. The highest BCUT2D eigenvalue weighted by Crippen LogP contribution is 2.30. The van der Waals surface area contributed by atoms with Crippen LogP contribution in [0.2, 0.25) is 0 Å². The standard InChI is InChI=1S/C19H14F3N5O/c20-19(21,22)28-14-3-1-2-11(8-14)17-15-9-13(5-4-12(15)10-25-17)26-16-6-7-24-18(23)27-16/h1-9H,10H2,(H3,23,24,26,27). The number of nitrogens with one attached hydrogen (secondary N) is 1. The number of aliphatic imine (C=N–C) groups is 1. The Hall–Kier alpha value is -3.62. The summed E-state index contributed by atoms with van der Waals surface area (Å²) in [7, 11) is 0. The molecule has 1 aromatic heterocycles. The van der Waals surface area contributed by atoms with Crippen molar-refractivity contribution in [3.63, 3.8) is 0 Å². The number of anilines is 3. The zero-order valence-corrected chi connectivity index (χ0v) is 14.4. The van der Waals surface area contributed by atoms with E-state index in [2.05, 4.69) is 25.0 Å². The lowest BCUT2D eigenvalue weighted by Crippen LogP contribution is -2.17. The fourth-order valence-electron chi connectivity index (χ4n) is 2.94. The number of halogens is 3. The molecule has 0 spiro atoms. The zero-order chi connectivity index (χ0) is 19.7.